The second-order valence-electron chi connectivity index (χ2n) is 3.13. The first-order valence-electron chi connectivity index (χ1n) is 4.72. The van der Waals surface area contributed by atoms with Crippen LogP contribution in [0.15, 0.2) is 24.8 Å². The number of nitrogens with zero attached hydrogens (tertiary/aromatic N) is 5. The number of nitro groups is 1. The van der Waals surface area contributed by atoms with Gasteiger partial charge in [0.05, 0.1) is 12.0 Å². The number of pyridine rings is 1. The highest BCUT2D eigenvalue weighted by Gasteiger charge is 2.18. The maximum absolute atomic E-state index is 11.2. The van der Waals surface area contributed by atoms with Gasteiger partial charge in [-0.15, -0.1) is 5.10 Å². The summed E-state index contributed by atoms with van der Waals surface area (Å²) in [7, 11) is 1.19. The summed E-state index contributed by atoms with van der Waals surface area (Å²) in [6, 6.07) is 1.40. The van der Waals surface area contributed by atoms with Crippen LogP contribution in [0.5, 0.6) is 0 Å². The molecule has 0 atom stereocenters. The van der Waals surface area contributed by atoms with Crippen LogP contribution < -0.4 is 0 Å². The molecule has 0 aliphatic heterocycles. The molecule has 92 valence electrons. The first kappa shape index (κ1) is 11.6. The summed E-state index contributed by atoms with van der Waals surface area (Å²) in [5.74, 6) is -0.894. The number of ether oxygens (including phenoxy) is 1. The van der Waals surface area contributed by atoms with Gasteiger partial charge in [0, 0.05) is 6.20 Å². The first-order valence-corrected chi connectivity index (χ1v) is 4.72. The maximum atomic E-state index is 11.2. The Bertz CT molecular complexity index is 609. The van der Waals surface area contributed by atoms with Gasteiger partial charge in [0.2, 0.25) is 0 Å². The Labute approximate surface area is 100 Å². The maximum Gasteiger partial charge on any atom is 0.377 e. The van der Waals surface area contributed by atoms with Gasteiger partial charge in [-0.3, -0.25) is 15.1 Å². The van der Waals surface area contributed by atoms with Crippen molar-refractivity contribution < 1.29 is 14.5 Å². The summed E-state index contributed by atoms with van der Waals surface area (Å²) in [4.78, 5) is 28.7. The molecule has 2 aromatic heterocycles. The number of methoxy groups -OCH3 is 1. The van der Waals surface area contributed by atoms with Gasteiger partial charge in [0.1, 0.15) is 18.2 Å². The molecule has 0 spiro atoms. The van der Waals surface area contributed by atoms with Crippen LogP contribution in [0.1, 0.15) is 10.6 Å². The van der Waals surface area contributed by atoms with E-state index in [4.69, 9.17) is 0 Å². The number of aromatic nitrogens is 4. The normalized spacial score (nSPS) is 10.1. The van der Waals surface area contributed by atoms with Crippen LogP contribution in [0.4, 0.5) is 5.69 Å². The Morgan fingerprint density at radius 2 is 2.33 bits per heavy atom. The van der Waals surface area contributed by atoms with Crippen LogP contribution in [0.25, 0.3) is 5.69 Å². The molecule has 2 aromatic rings. The minimum Gasteiger partial charge on any atom is -0.463 e. The third-order valence-corrected chi connectivity index (χ3v) is 2.08. The molecule has 2 rings (SSSR count). The summed E-state index contributed by atoms with van der Waals surface area (Å²) in [6.45, 7) is 0. The third-order valence-electron chi connectivity index (χ3n) is 2.08. The first-order chi connectivity index (χ1) is 8.63. The largest absolute Gasteiger partial charge is 0.463 e. The number of rotatable bonds is 3. The molecule has 0 bridgehead atoms. The van der Waals surface area contributed by atoms with Gasteiger partial charge in [0.25, 0.3) is 5.82 Å². The lowest BCUT2D eigenvalue weighted by Crippen LogP contribution is -2.06. The van der Waals surface area contributed by atoms with Crippen molar-refractivity contribution in [3.8, 4) is 5.69 Å². The Balaban J connectivity index is 2.46. The molecule has 0 N–H and O–H groups in total. The third kappa shape index (κ3) is 2.00. The SMILES string of the molecule is COC(=O)c1ncn(-c2ccncc2[N+](=O)[O-])n1. The molecule has 0 saturated heterocycles. The van der Waals surface area contributed by atoms with Crippen LogP contribution in [-0.2, 0) is 4.74 Å². The van der Waals surface area contributed by atoms with Crippen molar-refractivity contribution in [3.63, 3.8) is 0 Å². The predicted octanol–water partition coefficient (Wildman–Crippen LogP) is 0.357. The van der Waals surface area contributed by atoms with E-state index in [1.165, 1.54) is 25.7 Å². The zero-order chi connectivity index (χ0) is 13.1. The van der Waals surface area contributed by atoms with E-state index >= 15 is 0 Å². The van der Waals surface area contributed by atoms with E-state index < -0.39 is 10.9 Å². The van der Waals surface area contributed by atoms with Gasteiger partial charge < -0.3 is 4.74 Å². The van der Waals surface area contributed by atoms with Crippen LogP contribution in [-0.4, -0.2) is 37.8 Å². The summed E-state index contributed by atoms with van der Waals surface area (Å²) >= 11 is 0. The van der Waals surface area contributed by atoms with Crippen LogP contribution in [0.2, 0.25) is 0 Å². The Morgan fingerprint density at radius 1 is 1.56 bits per heavy atom. The quantitative estimate of drug-likeness (QED) is 0.438. The highest BCUT2D eigenvalue weighted by Crippen LogP contribution is 2.19. The zero-order valence-corrected chi connectivity index (χ0v) is 9.18. The van der Waals surface area contributed by atoms with Gasteiger partial charge >= 0.3 is 11.7 Å². The van der Waals surface area contributed by atoms with E-state index in [0.29, 0.717) is 0 Å². The predicted molar refractivity (Wildman–Crippen MR) is 57.1 cm³/mol. The summed E-state index contributed by atoms with van der Waals surface area (Å²) in [5.41, 5.74) is -0.0727. The Hall–Kier alpha value is -2.84. The number of hydrogen-bond acceptors (Lipinski definition) is 7. The lowest BCUT2D eigenvalue weighted by molar-refractivity contribution is -0.385. The standard InChI is InChI=1S/C9H7N5O4/c1-18-9(15)8-11-5-13(12-8)6-2-3-10-4-7(6)14(16)17/h2-5H,1H3. The van der Waals surface area contributed by atoms with Crippen molar-refractivity contribution in [2.45, 2.75) is 0 Å². The highest BCUT2D eigenvalue weighted by atomic mass is 16.6. The van der Waals surface area contributed by atoms with E-state index in [0.717, 1.165) is 10.9 Å². The van der Waals surface area contributed by atoms with Gasteiger partial charge in [0.15, 0.2) is 0 Å². The van der Waals surface area contributed by atoms with Crippen molar-refractivity contribution in [1.29, 1.82) is 0 Å². The fourth-order valence-electron chi connectivity index (χ4n) is 1.28. The molecule has 0 radical (unpaired) electrons. The number of carbonyl (C=O) groups is 1. The fourth-order valence-corrected chi connectivity index (χ4v) is 1.28. The molecular weight excluding hydrogens is 242 g/mol. The molecule has 0 saturated carbocycles. The molecular formula is C9H7N5O4. The van der Waals surface area contributed by atoms with Crippen molar-refractivity contribution >= 4 is 11.7 Å². The minimum absolute atomic E-state index is 0.164. The highest BCUT2D eigenvalue weighted by molar-refractivity contribution is 5.84. The van der Waals surface area contributed by atoms with Crippen molar-refractivity contribution in [1.82, 2.24) is 19.7 Å². The molecule has 0 fully saturated rings. The molecule has 9 nitrogen and oxygen atoms in total. The van der Waals surface area contributed by atoms with Crippen molar-refractivity contribution in [3.05, 3.63) is 40.7 Å². The molecule has 2 heterocycles. The van der Waals surface area contributed by atoms with Crippen molar-refractivity contribution in [2.75, 3.05) is 7.11 Å². The van der Waals surface area contributed by atoms with Crippen LogP contribution in [0.3, 0.4) is 0 Å². The summed E-state index contributed by atoms with van der Waals surface area (Å²) in [5, 5.41) is 14.6. The fraction of sp³-hybridized carbons (Fsp3) is 0.111. The van der Waals surface area contributed by atoms with Gasteiger partial charge in [-0.2, -0.15) is 0 Å². The van der Waals surface area contributed by atoms with Gasteiger partial charge in [-0.1, -0.05) is 0 Å². The zero-order valence-electron chi connectivity index (χ0n) is 9.18. The van der Waals surface area contributed by atoms with Crippen LogP contribution >= 0.6 is 0 Å². The van der Waals surface area contributed by atoms with Crippen molar-refractivity contribution in [2.24, 2.45) is 0 Å². The van der Waals surface area contributed by atoms with E-state index in [1.54, 1.807) is 0 Å². The average molecular weight is 249 g/mol. The topological polar surface area (TPSA) is 113 Å². The number of hydrogen-bond donors (Lipinski definition) is 0. The molecule has 0 aliphatic carbocycles. The second kappa shape index (κ2) is 4.57. The summed E-state index contributed by atoms with van der Waals surface area (Å²) < 4.78 is 5.56. The molecule has 0 amide bonds. The molecule has 0 aliphatic rings. The Morgan fingerprint density at radius 3 is 3.00 bits per heavy atom. The van der Waals surface area contributed by atoms with E-state index in [-0.39, 0.29) is 17.2 Å². The minimum atomic E-state index is -0.717. The molecule has 0 unspecified atom stereocenters. The summed E-state index contributed by atoms with van der Waals surface area (Å²) in [6.07, 6.45) is 3.66. The number of carbonyl (C=O) groups excluding carboxylic acids is 1. The van der Waals surface area contributed by atoms with E-state index in [1.807, 2.05) is 0 Å². The molecule has 0 aromatic carbocycles. The van der Waals surface area contributed by atoms with Crippen LogP contribution in [0, 0.1) is 10.1 Å². The lowest BCUT2D eigenvalue weighted by atomic mass is 10.3. The molecule has 9 heteroatoms. The van der Waals surface area contributed by atoms with Gasteiger partial charge in [-0.25, -0.2) is 14.5 Å². The average Bonchev–Trinajstić information content (AvgIpc) is 2.87. The second-order valence-corrected chi connectivity index (χ2v) is 3.13. The van der Waals surface area contributed by atoms with E-state index in [9.17, 15) is 14.9 Å². The number of esters is 1. The lowest BCUT2D eigenvalue weighted by Gasteiger charge is -2.00. The monoisotopic (exact) mass is 249 g/mol. The van der Waals surface area contributed by atoms with E-state index in [2.05, 4.69) is 19.8 Å². The smallest absolute Gasteiger partial charge is 0.377 e. The molecule has 18 heavy (non-hydrogen) atoms. The van der Waals surface area contributed by atoms with Gasteiger partial charge in [-0.05, 0) is 6.07 Å². The Kier molecular flexibility index (Phi) is 2.96.